The minimum Gasteiger partial charge on any atom is -0.338 e. The van der Waals surface area contributed by atoms with Gasteiger partial charge < -0.3 is 10.3 Å². The fourth-order valence-electron chi connectivity index (χ4n) is 1.59. The second-order valence-corrected chi connectivity index (χ2v) is 4.63. The quantitative estimate of drug-likeness (QED) is 0.904. The van der Waals surface area contributed by atoms with Gasteiger partial charge >= 0.3 is 0 Å². The van der Waals surface area contributed by atoms with E-state index in [0.717, 1.165) is 5.56 Å². The van der Waals surface area contributed by atoms with Crippen LogP contribution in [0.5, 0.6) is 0 Å². The van der Waals surface area contributed by atoms with E-state index in [1.807, 2.05) is 19.9 Å². The van der Waals surface area contributed by atoms with Crippen LogP contribution < -0.4 is 5.73 Å². The average Bonchev–Trinajstić information content (AvgIpc) is 2.76. The van der Waals surface area contributed by atoms with Gasteiger partial charge in [0.05, 0.1) is 6.04 Å². The van der Waals surface area contributed by atoms with Crippen molar-refractivity contribution in [3.8, 4) is 0 Å². The van der Waals surface area contributed by atoms with Gasteiger partial charge in [-0.15, -0.1) is 0 Å². The molecule has 0 amide bonds. The highest BCUT2D eigenvalue weighted by Crippen LogP contribution is 2.17. The van der Waals surface area contributed by atoms with Crippen molar-refractivity contribution in [2.24, 2.45) is 11.7 Å². The van der Waals surface area contributed by atoms with Gasteiger partial charge in [-0.2, -0.15) is 4.98 Å². The molecule has 0 aliphatic rings. The molecule has 1 heterocycles. The molecule has 0 bridgehead atoms. The first-order chi connectivity index (χ1) is 8.56. The zero-order valence-corrected chi connectivity index (χ0v) is 10.4. The van der Waals surface area contributed by atoms with E-state index in [1.165, 1.54) is 12.1 Å². The van der Waals surface area contributed by atoms with Crippen LogP contribution in [-0.4, -0.2) is 10.1 Å². The van der Waals surface area contributed by atoms with Gasteiger partial charge in [-0.3, -0.25) is 0 Å². The van der Waals surface area contributed by atoms with Crippen LogP contribution in [0.15, 0.2) is 28.8 Å². The third-order valence-electron chi connectivity index (χ3n) is 2.74. The Morgan fingerprint density at radius 3 is 2.83 bits per heavy atom. The molecule has 0 radical (unpaired) electrons. The Labute approximate surface area is 105 Å². The monoisotopic (exact) mass is 249 g/mol. The third-order valence-corrected chi connectivity index (χ3v) is 2.74. The van der Waals surface area contributed by atoms with Crippen LogP contribution in [-0.2, 0) is 6.42 Å². The van der Waals surface area contributed by atoms with E-state index in [9.17, 15) is 4.39 Å². The van der Waals surface area contributed by atoms with Crippen molar-refractivity contribution < 1.29 is 8.91 Å². The summed E-state index contributed by atoms with van der Waals surface area (Å²) in [6, 6.07) is 6.07. The van der Waals surface area contributed by atoms with Gasteiger partial charge in [0.15, 0.2) is 5.82 Å². The van der Waals surface area contributed by atoms with Gasteiger partial charge in [-0.1, -0.05) is 31.1 Å². The number of aromatic nitrogens is 2. The maximum atomic E-state index is 13.0. The standard InChI is InChI=1S/C13H16FN3O/c1-8(2)12(15)13-16-11(17-18-13)7-9-4-3-5-10(14)6-9/h3-6,8,12H,7,15H2,1-2H3/t12-/m1/s1. The van der Waals surface area contributed by atoms with Gasteiger partial charge in [-0.05, 0) is 23.6 Å². The van der Waals surface area contributed by atoms with Crippen LogP contribution >= 0.6 is 0 Å². The summed E-state index contributed by atoms with van der Waals surface area (Å²) in [5.41, 5.74) is 6.72. The third kappa shape index (κ3) is 2.92. The van der Waals surface area contributed by atoms with Crippen LogP contribution in [0, 0.1) is 11.7 Å². The average molecular weight is 249 g/mol. The maximum Gasteiger partial charge on any atom is 0.243 e. The lowest BCUT2D eigenvalue weighted by Gasteiger charge is -2.09. The van der Waals surface area contributed by atoms with E-state index in [2.05, 4.69) is 10.1 Å². The fourth-order valence-corrected chi connectivity index (χ4v) is 1.59. The van der Waals surface area contributed by atoms with E-state index in [1.54, 1.807) is 6.07 Å². The highest BCUT2D eigenvalue weighted by atomic mass is 19.1. The lowest BCUT2D eigenvalue weighted by Crippen LogP contribution is -2.17. The highest BCUT2D eigenvalue weighted by Gasteiger charge is 2.18. The predicted molar refractivity (Wildman–Crippen MR) is 65.3 cm³/mol. The topological polar surface area (TPSA) is 64.9 Å². The number of nitrogens with zero attached hydrogens (tertiary/aromatic N) is 2. The predicted octanol–water partition coefficient (Wildman–Crippen LogP) is 2.46. The molecule has 2 aromatic rings. The Morgan fingerprint density at radius 2 is 2.17 bits per heavy atom. The maximum absolute atomic E-state index is 13.0. The van der Waals surface area contributed by atoms with E-state index >= 15 is 0 Å². The van der Waals surface area contributed by atoms with E-state index in [-0.39, 0.29) is 17.8 Å². The zero-order chi connectivity index (χ0) is 13.1. The van der Waals surface area contributed by atoms with Crippen molar-refractivity contribution in [3.63, 3.8) is 0 Å². The van der Waals surface area contributed by atoms with Crippen LogP contribution in [0.1, 0.15) is 37.2 Å². The molecule has 0 saturated carbocycles. The molecule has 4 nitrogen and oxygen atoms in total. The molecule has 1 aromatic carbocycles. The van der Waals surface area contributed by atoms with E-state index < -0.39 is 0 Å². The Bertz CT molecular complexity index is 524. The van der Waals surface area contributed by atoms with Gasteiger partial charge in [0.1, 0.15) is 5.82 Å². The van der Waals surface area contributed by atoms with Crippen molar-refractivity contribution in [2.45, 2.75) is 26.3 Å². The lowest BCUT2D eigenvalue weighted by molar-refractivity contribution is 0.322. The molecule has 2 rings (SSSR count). The Morgan fingerprint density at radius 1 is 1.39 bits per heavy atom. The minimum absolute atomic E-state index is 0.229. The molecule has 0 aliphatic heterocycles. The van der Waals surface area contributed by atoms with Crippen molar-refractivity contribution in [2.75, 3.05) is 0 Å². The summed E-state index contributed by atoms with van der Waals surface area (Å²) in [4.78, 5) is 4.23. The highest BCUT2D eigenvalue weighted by molar-refractivity contribution is 5.19. The summed E-state index contributed by atoms with van der Waals surface area (Å²) in [5, 5.41) is 3.86. The van der Waals surface area contributed by atoms with Gasteiger partial charge in [0.25, 0.3) is 0 Å². The summed E-state index contributed by atoms with van der Waals surface area (Å²) in [7, 11) is 0. The smallest absolute Gasteiger partial charge is 0.243 e. The van der Waals surface area contributed by atoms with E-state index in [0.29, 0.717) is 18.1 Å². The molecule has 18 heavy (non-hydrogen) atoms. The molecule has 1 atom stereocenters. The number of hydrogen-bond donors (Lipinski definition) is 1. The summed E-state index contributed by atoms with van der Waals surface area (Å²) < 4.78 is 18.1. The molecular weight excluding hydrogens is 233 g/mol. The molecule has 2 N–H and O–H groups in total. The van der Waals surface area contributed by atoms with Crippen molar-refractivity contribution in [3.05, 3.63) is 47.4 Å². The molecule has 0 unspecified atom stereocenters. The summed E-state index contributed by atoms with van der Waals surface area (Å²) in [6.07, 6.45) is 0.437. The van der Waals surface area contributed by atoms with Crippen LogP contribution in [0.3, 0.4) is 0 Å². The SMILES string of the molecule is CC(C)[C@@H](N)c1nc(Cc2cccc(F)c2)no1. The number of hydrogen-bond acceptors (Lipinski definition) is 4. The number of nitrogens with two attached hydrogens (primary N) is 1. The van der Waals surface area contributed by atoms with Gasteiger partial charge in [0, 0.05) is 6.42 Å². The number of halogens is 1. The normalized spacial score (nSPS) is 12.9. The first kappa shape index (κ1) is 12.7. The van der Waals surface area contributed by atoms with Gasteiger partial charge in [-0.25, -0.2) is 4.39 Å². The second kappa shape index (κ2) is 5.27. The molecular formula is C13H16FN3O. The van der Waals surface area contributed by atoms with Crippen molar-refractivity contribution in [1.29, 1.82) is 0 Å². The van der Waals surface area contributed by atoms with Crippen molar-refractivity contribution >= 4 is 0 Å². The molecule has 5 heteroatoms. The summed E-state index contributed by atoms with van der Waals surface area (Å²) >= 11 is 0. The zero-order valence-electron chi connectivity index (χ0n) is 10.4. The first-order valence-corrected chi connectivity index (χ1v) is 5.89. The van der Waals surface area contributed by atoms with Crippen LogP contribution in [0.4, 0.5) is 4.39 Å². The number of benzene rings is 1. The molecule has 96 valence electrons. The largest absolute Gasteiger partial charge is 0.338 e. The first-order valence-electron chi connectivity index (χ1n) is 5.89. The molecule has 0 aliphatic carbocycles. The van der Waals surface area contributed by atoms with Crippen molar-refractivity contribution in [1.82, 2.24) is 10.1 Å². The summed E-state index contributed by atoms with van der Waals surface area (Å²) in [6.45, 7) is 3.97. The molecule has 1 aromatic heterocycles. The van der Waals surface area contributed by atoms with Crippen LogP contribution in [0.25, 0.3) is 0 Å². The Kier molecular flexibility index (Phi) is 3.72. The second-order valence-electron chi connectivity index (χ2n) is 4.63. The molecule has 0 fully saturated rings. The molecule has 0 spiro atoms. The molecule has 0 saturated heterocycles. The van der Waals surface area contributed by atoms with E-state index in [4.69, 9.17) is 10.3 Å². The number of rotatable bonds is 4. The Hall–Kier alpha value is -1.75. The van der Waals surface area contributed by atoms with Crippen LogP contribution in [0.2, 0.25) is 0 Å². The Balaban J connectivity index is 2.11. The lowest BCUT2D eigenvalue weighted by atomic mass is 10.1. The summed E-state index contributed by atoms with van der Waals surface area (Å²) in [5.74, 6) is 0.908. The fraction of sp³-hybridized carbons (Fsp3) is 0.385. The van der Waals surface area contributed by atoms with Gasteiger partial charge in [0.2, 0.25) is 5.89 Å². The minimum atomic E-state index is -0.268.